The Morgan fingerprint density at radius 3 is 2.29 bits per heavy atom. The number of nitrogens with zero attached hydrogens (tertiary/aromatic N) is 2. The molecule has 0 unspecified atom stereocenters. The highest BCUT2D eigenvalue weighted by Crippen LogP contribution is 2.35. The van der Waals surface area contributed by atoms with E-state index in [0.717, 1.165) is 18.8 Å². The summed E-state index contributed by atoms with van der Waals surface area (Å²) in [6.45, 7) is 1.98. The number of ether oxygens (including phenoxy) is 2. The van der Waals surface area contributed by atoms with Gasteiger partial charge in [0.1, 0.15) is 19.0 Å². The first kappa shape index (κ1) is 25.1. The van der Waals surface area contributed by atoms with Gasteiger partial charge in [-0.3, -0.25) is 0 Å². The molecule has 0 fully saturated rings. The van der Waals surface area contributed by atoms with Crippen molar-refractivity contribution >= 4 is 0 Å². The summed E-state index contributed by atoms with van der Waals surface area (Å²) in [6.07, 6.45) is 3.90. The molecule has 3 aromatic carbocycles. The molecule has 2 heterocycles. The molecule has 5 nitrogen and oxygen atoms in total. The van der Waals surface area contributed by atoms with Crippen LogP contribution in [0.3, 0.4) is 0 Å². The summed E-state index contributed by atoms with van der Waals surface area (Å²) in [7, 11) is 0. The second-order valence-electron chi connectivity index (χ2n) is 8.53. The van der Waals surface area contributed by atoms with Crippen LogP contribution in [0.2, 0.25) is 0 Å². The average Bonchev–Trinajstić information content (AvgIpc) is 3.46. The zero-order valence-corrected chi connectivity index (χ0v) is 20.1. The molecule has 0 bridgehead atoms. The Hall–Kier alpha value is -4.53. The van der Waals surface area contributed by atoms with Gasteiger partial charge in [-0.05, 0) is 29.8 Å². The Morgan fingerprint density at radius 1 is 0.789 bits per heavy atom. The van der Waals surface area contributed by atoms with Crippen LogP contribution in [0.25, 0.3) is 22.4 Å². The monoisotopic (exact) mass is 521 g/mol. The molecule has 0 atom stereocenters. The SMILES string of the molecule is Fc1cc(-c2ccc(OCCOc3ccc(CN4C=CNC4)cc3)nc2-c2ccccc2)c(F)c(F)c1F. The van der Waals surface area contributed by atoms with Crippen LogP contribution >= 0.6 is 0 Å². The van der Waals surface area contributed by atoms with Gasteiger partial charge in [0.15, 0.2) is 23.3 Å². The molecule has 194 valence electrons. The molecule has 1 N–H and O–H groups in total. The Morgan fingerprint density at radius 2 is 1.55 bits per heavy atom. The largest absolute Gasteiger partial charge is 0.490 e. The standard InChI is InChI=1S/C29H23F4N3O2/c30-24-16-23(26(31)28(33)27(24)32)22-10-11-25(35-29(22)20-4-2-1-3-5-20)38-15-14-37-21-8-6-19(7-9-21)17-36-13-12-34-18-36/h1-13,16,34H,14-15,17-18H2. The summed E-state index contributed by atoms with van der Waals surface area (Å²) in [5.41, 5.74) is 1.59. The van der Waals surface area contributed by atoms with Crippen LogP contribution < -0.4 is 14.8 Å². The molecule has 0 aliphatic carbocycles. The Kier molecular flexibility index (Phi) is 7.44. The fourth-order valence-corrected chi connectivity index (χ4v) is 4.04. The number of benzene rings is 3. The first-order chi connectivity index (χ1) is 18.5. The maximum absolute atomic E-state index is 14.6. The highest BCUT2D eigenvalue weighted by atomic mass is 19.2. The van der Waals surface area contributed by atoms with Crippen molar-refractivity contribution in [1.82, 2.24) is 15.2 Å². The fraction of sp³-hybridized carbons (Fsp3) is 0.138. The third-order valence-corrected chi connectivity index (χ3v) is 5.92. The minimum Gasteiger partial charge on any atom is -0.490 e. The average molecular weight is 522 g/mol. The number of rotatable bonds is 9. The molecule has 38 heavy (non-hydrogen) atoms. The van der Waals surface area contributed by atoms with E-state index in [2.05, 4.69) is 15.2 Å². The zero-order chi connectivity index (χ0) is 26.5. The van der Waals surface area contributed by atoms with Gasteiger partial charge in [0, 0.05) is 41.7 Å². The second-order valence-corrected chi connectivity index (χ2v) is 8.53. The van der Waals surface area contributed by atoms with E-state index in [1.54, 1.807) is 30.3 Å². The summed E-state index contributed by atoms with van der Waals surface area (Å²) >= 11 is 0. The first-order valence-electron chi connectivity index (χ1n) is 11.9. The summed E-state index contributed by atoms with van der Waals surface area (Å²) in [6, 6.07) is 20.0. The number of hydrogen-bond acceptors (Lipinski definition) is 5. The van der Waals surface area contributed by atoms with E-state index in [0.29, 0.717) is 17.4 Å². The molecule has 9 heteroatoms. The van der Waals surface area contributed by atoms with Crippen molar-refractivity contribution in [2.45, 2.75) is 6.54 Å². The molecular weight excluding hydrogens is 498 g/mol. The van der Waals surface area contributed by atoms with E-state index in [4.69, 9.17) is 9.47 Å². The lowest BCUT2D eigenvalue weighted by molar-refractivity contribution is 0.212. The first-order valence-corrected chi connectivity index (χ1v) is 11.9. The Labute approximate surface area is 217 Å². The number of aromatic nitrogens is 1. The summed E-state index contributed by atoms with van der Waals surface area (Å²) in [5, 5.41) is 3.13. The molecule has 0 amide bonds. The minimum absolute atomic E-state index is 0.0930. The van der Waals surface area contributed by atoms with Crippen LogP contribution in [0.15, 0.2) is 85.2 Å². The molecule has 1 aliphatic heterocycles. The highest BCUT2D eigenvalue weighted by Gasteiger charge is 2.22. The minimum atomic E-state index is -1.88. The summed E-state index contributed by atoms with van der Waals surface area (Å²) in [4.78, 5) is 6.59. The van der Waals surface area contributed by atoms with Gasteiger partial charge in [0.25, 0.3) is 0 Å². The lowest BCUT2D eigenvalue weighted by Gasteiger charge is -2.15. The van der Waals surface area contributed by atoms with Crippen molar-refractivity contribution in [1.29, 1.82) is 0 Å². The molecule has 1 aromatic heterocycles. The van der Waals surface area contributed by atoms with E-state index in [-0.39, 0.29) is 30.4 Å². The van der Waals surface area contributed by atoms with E-state index in [9.17, 15) is 17.6 Å². The van der Waals surface area contributed by atoms with Crippen molar-refractivity contribution in [2.24, 2.45) is 0 Å². The molecule has 5 rings (SSSR count). The van der Waals surface area contributed by atoms with Gasteiger partial charge in [-0.2, -0.15) is 0 Å². The number of nitrogens with one attached hydrogen (secondary N) is 1. The topological polar surface area (TPSA) is 46.6 Å². The van der Waals surface area contributed by atoms with E-state index < -0.39 is 28.8 Å². The zero-order valence-electron chi connectivity index (χ0n) is 20.1. The molecular formula is C29H23F4N3O2. The van der Waals surface area contributed by atoms with E-state index >= 15 is 0 Å². The van der Waals surface area contributed by atoms with Gasteiger partial charge in [-0.25, -0.2) is 22.5 Å². The molecule has 0 radical (unpaired) electrons. The van der Waals surface area contributed by atoms with Gasteiger partial charge in [0.2, 0.25) is 5.88 Å². The van der Waals surface area contributed by atoms with Crippen molar-refractivity contribution in [2.75, 3.05) is 19.9 Å². The maximum Gasteiger partial charge on any atom is 0.213 e. The maximum atomic E-state index is 14.6. The number of halogens is 4. The van der Waals surface area contributed by atoms with Crippen molar-refractivity contribution in [3.8, 4) is 34.0 Å². The summed E-state index contributed by atoms with van der Waals surface area (Å²) in [5.74, 6) is -5.83. The van der Waals surface area contributed by atoms with Crippen molar-refractivity contribution < 1.29 is 27.0 Å². The van der Waals surface area contributed by atoms with Gasteiger partial charge in [-0.15, -0.1) is 0 Å². The molecule has 1 aliphatic rings. The molecule has 4 aromatic rings. The molecule has 0 spiro atoms. The van der Waals surface area contributed by atoms with Gasteiger partial charge >= 0.3 is 0 Å². The molecule has 0 saturated carbocycles. The second kappa shape index (κ2) is 11.2. The highest BCUT2D eigenvalue weighted by molar-refractivity contribution is 5.81. The smallest absolute Gasteiger partial charge is 0.213 e. The fourth-order valence-electron chi connectivity index (χ4n) is 4.04. The molecule has 0 saturated heterocycles. The van der Waals surface area contributed by atoms with Crippen LogP contribution in [0.4, 0.5) is 17.6 Å². The van der Waals surface area contributed by atoms with E-state index in [1.807, 2.05) is 36.7 Å². The Balaban J connectivity index is 1.28. The van der Waals surface area contributed by atoms with Crippen LogP contribution in [-0.4, -0.2) is 29.8 Å². The van der Waals surface area contributed by atoms with Gasteiger partial charge in [-0.1, -0.05) is 42.5 Å². The summed E-state index contributed by atoms with van der Waals surface area (Å²) < 4.78 is 67.5. The lowest BCUT2D eigenvalue weighted by Crippen LogP contribution is -2.19. The number of hydrogen-bond donors (Lipinski definition) is 1. The third kappa shape index (κ3) is 5.56. The van der Waals surface area contributed by atoms with Crippen LogP contribution in [-0.2, 0) is 6.54 Å². The van der Waals surface area contributed by atoms with Crippen molar-refractivity contribution in [3.05, 3.63) is 114 Å². The van der Waals surface area contributed by atoms with Crippen LogP contribution in [0, 0.1) is 23.3 Å². The predicted molar refractivity (Wildman–Crippen MR) is 135 cm³/mol. The lowest BCUT2D eigenvalue weighted by atomic mass is 9.98. The Bertz CT molecular complexity index is 1450. The predicted octanol–water partition coefficient (Wildman–Crippen LogP) is 6.26. The van der Waals surface area contributed by atoms with Crippen LogP contribution in [0.1, 0.15) is 5.56 Å². The number of pyridine rings is 1. The van der Waals surface area contributed by atoms with E-state index in [1.165, 1.54) is 12.1 Å². The third-order valence-electron chi connectivity index (χ3n) is 5.92. The van der Waals surface area contributed by atoms with Gasteiger partial charge in [0.05, 0.1) is 12.4 Å². The van der Waals surface area contributed by atoms with Gasteiger partial charge < -0.3 is 19.7 Å². The quantitative estimate of drug-likeness (QED) is 0.122. The van der Waals surface area contributed by atoms with Crippen LogP contribution in [0.5, 0.6) is 11.6 Å². The van der Waals surface area contributed by atoms with Crippen molar-refractivity contribution in [3.63, 3.8) is 0 Å². The normalized spacial score (nSPS) is 12.5.